The number of aromatic nitrogens is 4. The average molecular weight is 684 g/mol. The van der Waals surface area contributed by atoms with Crippen molar-refractivity contribution in [2.24, 2.45) is 5.41 Å². The molecule has 0 saturated carbocycles. The van der Waals surface area contributed by atoms with E-state index in [0.717, 1.165) is 0 Å². The number of alkyl halides is 3. The van der Waals surface area contributed by atoms with Gasteiger partial charge in [-0.15, -0.1) is 0 Å². The van der Waals surface area contributed by atoms with Gasteiger partial charge in [-0.1, -0.05) is 18.2 Å². The number of nitrogen functional groups attached to an aromatic ring is 1. The average Bonchev–Trinajstić information content (AvgIpc) is 3.66. The summed E-state index contributed by atoms with van der Waals surface area (Å²) in [4.78, 5) is 21.6. The first-order chi connectivity index (χ1) is 23.2. The van der Waals surface area contributed by atoms with Crippen LogP contribution in [0.1, 0.15) is 50.5 Å². The van der Waals surface area contributed by atoms with Crippen LogP contribution in [0.25, 0.3) is 16.8 Å². The maximum Gasteiger partial charge on any atom is 0.429 e. The third kappa shape index (κ3) is 7.41. The lowest BCUT2D eigenvalue weighted by molar-refractivity contribution is -0.198. The third-order valence-electron chi connectivity index (χ3n) is 8.96. The van der Waals surface area contributed by atoms with Gasteiger partial charge >= 0.3 is 12.1 Å². The molecule has 2 aliphatic heterocycles. The molecule has 1 unspecified atom stereocenters. The minimum absolute atomic E-state index is 0.0683. The van der Waals surface area contributed by atoms with Crippen LogP contribution in [0.4, 0.5) is 29.3 Å². The van der Waals surface area contributed by atoms with Crippen molar-refractivity contribution in [3.8, 4) is 28.4 Å². The number of ether oxygens (including phenoxy) is 2. The normalized spacial score (nSPS) is 18.2. The van der Waals surface area contributed by atoms with Gasteiger partial charge in [0.1, 0.15) is 11.9 Å². The standard InChI is InChI=1S/C34H37F4N7O4/c1-19(2)48-27-7-5-21(14-24(27)35)22-4-6-23(26(15-22)45-11-8-20(3)43-45)30(34(36,37)38)49-29-16-28(41-32(39)42-29)44-12-9-33(10-13-44)17-25(31(46)47)40-18-33/h4-8,11,14-16,19,25,30,40H,9-10,12-13,17-18H2,1-3H3,(H,46,47)(H2,39,41,42)/t25-,30?/m0/s1. The fourth-order valence-corrected chi connectivity index (χ4v) is 6.49. The maximum absolute atomic E-state index is 14.9. The van der Waals surface area contributed by atoms with Gasteiger partial charge in [-0.2, -0.15) is 28.2 Å². The molecular weight excluding hydrogens is 646 g/mol. The van der Waals surface area contributed by atoms with Crippen LogP contribution in [0.5, 0.6) is 11.6 Å². The SMILES string of the molecule is Cc1ccn(-c2cc(-c3ccc(OC(C)C)c(F)c3)ccc2C(Oc2cc(N3CCC4(CC3)CN[C@H](C(=O)O)C4)nc(N)n2)C(F)(F)F)n1. The number of nitrogens with two attached hydrogens (primary N) is 1. The van der Waals surface area contributed by atoms with E-state index in [4.69, 9.17) is 15.2 Å². The minimum Gasteiger partial charge on any atom is -0.488 e. The highest BCUT2D eigenvalue weighted by Crippen LogP contribution is 2.43. The molecule has 2 atom stereocenters. The van der Waals surface area contributed by atoms with Gasteiger partial charge in [-0.05, 0) is 80.8 Å². The predicted molar refractivity (Wildman–Crippen MR) is 173 cm³/mol. The van der Waals surface area contributed by atoms with Gasteiger partial charge in [0.25, 0.3) is 0 Å². The summed E-state index contributed by atoms with van der Waals surface area (Å²) < 4.78 is 72.0. The largest absolute Gasteiger partial charge is 0.488 e. The lowest BCUT2D eigenvalue weighted by Gasteiger charge is -2.39. The Bertz CT molecular complexity index is 1840. The van der Waals surface area contributed by atoms with E-state index < -0.39 is 30.1 Å². The van der Waals surface area contributed by atoms with Gasteiger partial charge in [-0.25, -0.2) is 9.07 Å². The van der Waals surface area contributed by atoms with E-state index >= 15 is 0 Å². The van der Waals surface area contributed by atoms with E-state index in [1.165, 1.54) is 47.3 Å². The summed E-state index contributed by atoms with van der Waals surface area (Å²) in [6.45, 7) is 6.84. The zero-order valence-corrected chi connectivity index (χ0v) is 27.2. The highest BCUT2D eigenvalue weighted by Gasteiger charge is 2.46. The molecule has 260 valence electrons. The molecular formula is C34H37F4N7O4. The quantitative estimate of drug-likeness (QED) is 0.184. The van der Waals surface area contributed by atoms with Crippen molar-refractivity contribution in [3.63, 3.8) is 0 Å². The molecule has 0 radical (unpaired) electrons. The predicted octanol–water partition coefficient (Wildman–Crippen LogP) is 5.86. The molecule has 2 fully saturated rings. The lowest BCUT2D eigenvalue weighted by Crippen LogP contribution is -2.41. The molecule has 11 nitrogen and oxygen atoms in total. The van der Waals surface area contributed by atoms with Crippen molar-refractivity contribution in [3.05, 3.63) is 71.8 Å². The number of halogens is 4. The Morgan fingerprint density at radius 2 is 1.78 bits per heavy atom. The van der Waals surface area contributed by atoms with Crippen molar-refractivity contribution in [1.82, 2.24) is 25.1 Å². The van der Waals surface area contributed by atoms with Gasteiger partial charge < -0.3 is 30.5 Å². The molecule has 0 aliphatic carbocycles. The summed E-state index contributed by atoms with van der Waals surface area (Å²) in [5, 5.41) is 16.8. The number of aliphatic carboxylic acids is 1. The Hall–Kier alpha value is -4.92. The molecule has 49 heavy (non-hydrogen) atoms. The van der Waals surface area contributed by atoms with Crippen LogP contribution in [-0.2, 0) is 4.79 Å². The number of benzene rings is 2. The highest BCUT2D eigenvalue weighted by atomic mass is 19.4. The summed E-state index contributed by atoms with van der Waals surface area (Å²) in [5.41, 5.74) is 7.07. The van der Waals surface area contributed by atoms with Gasteiger partial charge in [0.15, 0.2) is 11.6 Å². The number of nitrogens with zero attached hydrogens (tertiary/aromatic N) is 5. The smallest absolute Gasteiger partial charge is 0.429 e. The van der Waals surface area contributed by atoms with Gasteiger partial charge in [0, 0.05) is 37.5 Å². The Morgan fingerprint density at radius 1 is 1.06 bits per heavy atom. The number of carboxylic acids is 1. The van der Waals surface area contributed by atoms with Gasteiger partial charge in [0.05, 0.1) is 17.5 Å². The number of carboxylic acid groups (broad SMARTS) is 1. The van der Waals surface area contributed by atoms with E-state index in [0.29, 0.717) is 61.5 Å². The van der Waals surface area contributed by atoms with Crippen molar-refractivity contribution in [1.29, 1.82) is 0 Å². The number of piperidine rings is 1. The van der Waals surface area contributed by atoms with Crippen LogP contribution in [-0.4, -0.2) is 68.8 Å². The molecule has 15 heteroatoms. The van der Waals surface area contributed by atoms with Crippen LogP contribution >= 0.6 is 0 Å². The number of rotatable bonds is 9. The number of carbonyl (C=O) groups is 1. The fraction of sp³-hybridized carbons (Fsp3) is 0.412. The van der Waals surface area contributed by atoms with Crippen molar-refractivity contribution < 1.29 is 36.9 Å². The first kappa shape index (κ1) is 34.0. The van der Waals surface area contributed by atoms with E-state index in [1.54, 1.807) is 32.9 Å². The lowest BCUT2D eigenvalue weighted by atomic mass is 9.76. The molecule has 2 saturated heterocycles. The molecule has 2 aliphatic rings. The second kappa shape index (κ2) is 13.2. The zero-order valence-electron chi connectivity index (χ0n) is 27.2. The second-order valence-electron chi connectivity index (χ2n) is 12.9. The molecule has 0 amide bonds. The van der Waals surface area contributed by atoms with E-state index in [1.807, 2.05) is 4.90 Å². The van der Waals surface area contributed by atoms with Crippen LogP contribution in [0.2, 0.25) is 0 Å². The Balaban J connectivity index is 1.30. The van der Waals surface area contributed by atoms with Crippen molar-refractivity contribution in [2.75, 3.05) is 30.3 Å². The highest BCUT2D eigenvalue weighted by molar-refractivity contribution is 5.74. The first-order valence-electron chi connectivity index (χ1n) is 15.9. The van der Waals surface area contributed by atoms with Crippen LogP contribution in [0.3, 0.4) is 0 Å². The van der Waals surface area contributed by atoms with Gasteiger partial charge in [0.2, 0.25) is 17.9 Å². The molecule has 4 heterocycles. The third-order valence-corrected chi connectivity index (χ3v) is 8.96. The zero-order chi connectivity index (χ0) is 35.1. The Kier molecular flexibility index (Phi) is 9.13. The molecule has 4 aromatic rings. The van der Waals surface area contributed by atoms with Crippen LogP contribution < -0.4 is 25.4 Å². The Labute approximate surface area is 280 Å². The second-order valence-corrected chi connectivity index (χ2v) is 12.9. The molecule has 1 spiro atoms. The fourth-order valence-electron chi connectivity index (χ4n) is 6.49. The maximum atomic E-state index is 14.9. The number of hydrogen-bond donors (Lipinski definition) is 3. The summed E-state index contributed by atoms with van der Waals surface area (Å²) in [6, 6.07) is 11.0. The molecule has 4 N–H and O–H groups in total. The molecule has 6 rings (SSSR count). The van der Waals surface area contributed by atoms with Gasteiger partial charge in [-0.3, -0.25) is 4.79 Å². The molecule has 2 aromatic carbocycles. The van der Waals surface area contributed by atoms with Crippen LogP contribution in [0.15, 0.2) is 54.7 Å². The molecule has 2 aromatic heterocycles. The van der Waals surface area contributed by atoms with E-state index in [9.17, 15) is 27.5 Å². The van der Waals surface area contributed by atoms with Crippen molar-refractivity contribution >= 4 is 17.7 Å². The minimum atomic E-state index is -4.89. The number of hydrogen-bond acceptors (Lipinski definition) is 9. The molecule has 0 bridgehead atoms. The first-order valence-corrected chi connectivity index (χ1v) is 15.9. The van der Waals surface area contributed by atoms with E-state index in [-0.39, 0.29) is 40.3 Å². The summed E-state index contributed by atoms with van der Waals surface area (Å²) in [5.74, 6) is -1.74. The Morgan fingerprint density at radius 3 is 2.39 bits per heavy atom. The number of anilines is 2. The monoisotopic (exact) mass is 683 g/mol. The summed E-state index contributed by atoms with van der Waals surface area (Å²) >= 11 is 0. The number of nitrogens with one attached hydrogen (secondary N) is 1. The number of aryl methyl sites for hydroxylation is 1. The van der Waals surface area contributed by atoms with E-state index in [2.05, 4.69) is 20.4 Å². The van der Waals surface area contributed by atoms with Crippen molar-refractivity contribution in [2.45, 2.75) is 64.5 Å². The topological polar surface area (TPSA) is 141 Å². The van der Waals surface area contributed by atoms with Crippen LogP contribution in [0, 0.1) is 18.2 Å². The summed E-state index contributed by atoms with van der Waals surface area (Å²) in [6.07, 6.45) is -4.24. The summed E-state index contributed by atoms with van der Waals surface area (Å²) in [7, 11) is 0.